The lowest BCUT2D eigenvalue weighted by atomic mass is 10.6. The first-order valence-electron chi connectivity index (χ1n) is 3.36. The average molecular weight is 149 g/mol. The minimum absolute atomic E-state index is 0.204. The van der Waals surface area contributed by atoms with Crippen molar-refractivity contribution < 1.29 is 4.74 Å². The Hall–Kier alpha value is 0.350. The molecule has 3 heteroatoms. The van der Waals surface area contributed by atoms with Crippen LogP contribution < -0.4 is 5.32 Å². The Morgan fingerprint density at radius 1 is 1.67 bits per heavy atom. The van der Waals surface area contributed by atoms with E-state index in [1.165, 1.54) is 0 Å². The van der Waals surface area contributed by atoms with Crippen molar-refractivity contribution in [1.82, 2.24) is 5.32 Å². The Morgan fingerprint density at radius 3 is 2.78 bits per heavy atom. The first kappa shape index (κ1) is 9.35. The lowest BCUT2D eigenvalue weighted by Crippen LogP contribution is -2.30. The summed E-state index contributed by atoms with van der Waals surface area (Å²) in [6, 6.07) is 0. The molecule has 56 valence electrons. The third-order valence-electron chi connectivity index (χ3n) is 0.993. The molecule has 0 bridgehead atoms. The van der Waals surface area contributed by atoms with E-state index in [1.807, 2.05) is 13.8 Å². The van der Waals surface area contributed by atoms with Gasteiger partial charge in [-0.3, -0.25) is 5.32 Å². The van der Waals surface area contributed by atoms with Gasteiger partial charge < -0.3 is 4.74 Å². The SMILES string of the molecule is CCOC(C)NCCP. The fourth-order valence-electron chi connectivity index (χ4n) is 0.596. The molecule has 1 N–H and O–H groups in total. The van der Waals surface area contributed by atoms with E-state index in [1.54, 1.807) is 0 Å². The summed E-state index contributed by atoms with van der Waals surface area (Å²) in [6.45, 7) is 5.81. The van der Waals surface area contributed by atoms with Crippen molar-refractivity contribution in [2.45, 2.75) is 20.1 Å². The van der Waals surface area contributed by atoms with Crippen LogP contribution in [0, 0.1) is 0 Å². The second-order valence-electron chi connectivity index (χ2n) is 1.84. The molecular weight excluding hydrogens is 133 g/mol. The lowest BCUT2D eigenvalue weighted by Gasteiger charge is -2.11. The topological polar surface area (TPSA) is 21.3 Å². The fraction of sp³-hybridized carbons (Fsp3) is 1.00. The predicted molar refractivity (Wildman–Crippen MR) is 43.7 cm³/mol. The van der Waals surface area contributed by atoms with Crippen molar-refractivity contribution in [3.63, 3.8) is 0 Å². The van der Waals surface area contributed by atoms with Crippen LogP contribution in [-0.2, 0) is 4.74 Å². The van der Waals surface area contributed by atoms with Crippen LogP contribution in [0.3, 0.4) is 0 Å². The molecule has 0 aliphatic heterocycles. The molecule has 0 spiro atoms. The highest BCUT2D eigenvalue weighted by Crippen LogP contribution is 1.84. The van der Waals surface area contributed by atoms with Gasteiger partial charge in [0.25, 0.3) is 0 Å². The zero-order valence-corrected chi connectivity index (χ0v) is 7.34. The van der Waals surface area contributed by atoms with Crippen molar-refractivity contribution in [2.75, 3.05) is 19.3 Å². The van der Waals surface area contributed by atoms with E-state index in [9.17, 15) is 0 Å². The van der Waals surface area contributed by atoms with Crippen LogP contribution in [0.5, 0.6) is 0 Å². The number of ether oxygens (including phenoxy) is 1. The molecule has 9 heavy (non-hydrogen) atoms. The number of nitrogens with one attached hydrogen (secondary N) is 1. The molecule has 0 amide bonds. The molecule has 0 aliphatic carbocycles. The van der Waals surface area contributed by atoms with Crippen LogP contribution in [0.2, 0.25) is 0 Å². The van der Waals surface area contributed by atoms with E-state index >= 15 is 0 Å². The van der Waals surface area contributed by atoms with Crippen molar-refractivity contribution in [3.8, 4) is 0 Å². The normalized spacial score (nSPS) is 13.7. The summed E-state index contributed by atoms with van der Waals surface area (Å²) >= 11 is 0. The Kier molecular flexibility index (Phi) is 6.72. The molecule has 2 unspecified atom stereocenters. The standard InChI is InChI=1S/C6H16NOP/c1-3-8-6(2)7-4-5-9/h6-7H,3-5,9H2,1-2H3. The lowest BCUT2D eigenvalue weighted by molar-refractivity contribution is 0.0536. The summed E-state index contributed by atoms with van der Waals surface area (Å²) in [5.74, 6) is 0. The van der Waals surface area contributed by atoms with Crippen LogP contribution in [-0.4, -0.2) is 25.5 Å². The molecule has 0 radical (unpaired) electrons. The van der Waals surface area contributed by atoms with Crippen LogP contribution >= 0.6 is 9.24 Å². The summed E-state index contributed by atoms with van der Waals surface area (Å²) in [5, 5.41) is 3.19. The number of hydrogen-bond acceptors (Lipinski definition) is 2. The second kappa shape index (κ2) is 6.47. The van der Waals surface area contributed by atoms with Gasteiger partial charge in [0.15, 0.2) is 0 Å². The maximum absolute atomic E-state index is 5.22. The van der Waals surface area contributed by atoms with E-state index in [2.05, 4.69) is 14.6 Å². The number of hydrogen-bond donors (Lipinski definition) is 1. The third-order valence-corrected chi connectivity index (χ3v) is 1.28. The van der Waals surface area contributed by atoms with Crippen molar-refractivity contribution in [3.05, 3.63) is 0 Å². The van der Waals surface area contributed by atoms with E-state index in [4.69, 9.17) is 4.74 Å². The van der Waals surface area contributed by atoms with Gasteiger partial charge in [-0.15, -0.1) is 9.24 Å². The highest BCUT2D eigenvalue weighted by Gasteiger charge is 1.94. The molecule has 0 saturated heterocycles. The van der Waals surface area contributed by atoms with Gasteiger partial charge in [-0.2, -0.15) is 0 Å². The smallest absolute Gasteiger partial charge is 0.105 e. The summed E-state index contributed by atoms with van der Waals surface area (Å²) in [5.41, 5.74) is 0. The Labute approximate surface area is 59.6 Å². The van der Waals surface area contributed by atoms with Crippen LogP contribution in [0.25, 0.3) is 0 Å². The van der Waals surface area contributed by atoms with Gasteiger partial charge in [-0.25, -0.2) is 0 Å². The molecule has 0 aliphatic rings. The Morgan fingerprint density at radius 2 is 2.33 bits per heavy atom. The third kappa shape index (κ3) is 6.23. The molecule has 0 aromatic carbocycles. The quantitative estimate of drug-likeness (QED) is 0.462. The summed E-state index contributed by atoms with van der Waals surface area (Å²) < 4.78 is 5.22. The van der Waals surface area contributed by atoms with Gasteiger partial charge in [-0.1, -0.05) is 0 Å². The number of rotatable bonds is 5. The predicted octanol–water partition coefficient (Wildman–Crippen LogP) is 0.834. The molecule has 2 atom stereocenters. The highest BCUT2D eigenvalue weighted by atomic mass is 31.0. The van der Waals surface area contributed by atoms with Gasteiger partial charge >= 0.3 is 0 Å². The summed E-state index contributed by atoms with van der Waals surface area (Å²) in [7, 11) is 2.66. The van der Waals surface area contributed by atoms with Gasteiger partial charge in [0.2, 0.25) is 0 Å². The molecule has 0 rings (SSSR count). The molecular formula is C6H16NOP. The van der Waals surface area contributed by atoms with E-state index in [-0.39, 0.29) is 6.23 Å². The largest absolute Gasteiger partial charge is 0.364 e. The zero-order chi connectivity index (χ0) is 7.11. The van der Waals surface area contributed by atoms with Crippen LogP contribution in [0.1, 0.15) is 13.8 Å². The van der Waals surface area contributed by atoms with E-state index in [0.717, 1.165) is 19.3 Å². The summed E-state index contributed by atoms with van der Waals surface area (Å²) in [6.07, 6.45) is 1.28. The minimum Gasteiger partial charge on any atom is -0.364 e. The molecule has 2 nitrogen and oxygen atoms in total. The molecule has 0 aromatic heterocycles. The van der Waals surface area contributed by atoms with Crippen molar-refractivity contribution in [1.29, 1.82) is 0 Å². The van der Waals surface area contributed by atoms with Crippen molar-refractivity contribution >= 4 is 9.24 Å². The minimum atomic E-state index is 0.204. The molecule has 0 aromatic rings. The van der Waals surface area contributed by atoms with E-state index < -0.39 is 0 Å². The second-order valence-corrected chi connectivity index (χ2v) is 2.42. The average Bonchev–Trinajstić information content (AvgIpc) is 1.85. The maximum atomic E-state index is 5.22. The summed E-state index contributed by atoms with van der Waals surface area (Å²) in [4.78, 5) is 0. The highest BCUT2D eigenvalue weighted by molar-refractivity contribution is 7.16. The molecule has 0 saturated carbocycles. The van der Waals surface area contributed by atoms with Crippen LogP contribution in [0.4, 0.5) is 0 Å². The van der Waals surface area contributed by atoms with Crippen LogP contribution in [0.15, 0.2) is 0 Å². The Balaban J connectivity index is 2.95. The van der Waals surface area contributed by atoms with Gasteiger partial charge in [-0.05, 0) is 20.0 Å². The van der Waals surface area contributed by atoms with E-state index in [0.29, 0.717) is 0 Å². The zero-order valence-electron chi connectivity index (χ0n) is 6.18. The first-order chi connectivity index (χ1) is 4.31. The van der Waals surface area contributed by atoms with Gasteiger partial charge in [0.1, 0.15) is 6.23 Å². The molecule has 0 fully saturated rings. The fourth-order valence-corrected chi connectivity index (χ4v) is 0.762. The first-order valence-corrected chi connectivity index (χ1v) is 4.18. The van der Waals surface area contributed by atoms with Gasteiger partial charge in [0, 0.05) is 13.2 Å². The molecule has 0 heterocycles. The maximum Gasteiger partial charge on any atom is 0.105 e. The monoisotopic (exact) mass is 149 g/mol. The Bertz CT molecular complexity index is 61.0. The van der Waals surface area contributed by atoms with Crippen molar-refractivity contribution in [2.24, 2.45) is 0 Å². The van der Waals surface area contributed by atoms with Gasteiger partial charge in [0.05, 0.1) is 0 Å².